The summed E-state index contributed by atoms with van der Waals surface area (Å²) in [5, 5.41) is 4.04. The molecule has 0 bridgehead atoms. The molecule has 6 nitrogen and oxygen atoms in total. The van der Waals surface area contributed by atoms with E-state index in [2.05, 4.69) is 5.32 Å². The van der Waals surface area contributed by atoms with Crippen LogP contribution in [0.25, 0.3) is 0 Å². The molecule has 1 aliphatic rings. The van der Waals surface area contributed by atoms with Gasteiger partial charge in [-0.05, 0) is 60.7 Å². The highest BCUT2D eigenvalue weighted by molar-refractivity contribution is 6.35. The minimum absolute atomic E-state index is 0.0227. The van der Waals surface area contributed by atoms with Crippen molar-refractivity contribution in [2.45, 2.75) is 58.2 Å². The minimum Gasteiger partial charge on any atom is -0.454 e. The normalized spacial score (nSPS) is 13.6. The van der Waals surface area contributed by atoms with Crippen molar-refractivity contribution in [3.63, 3.8) is 0 Å². The van der Waals surface area contributed by atoms with E-state index in [1.165, 1.54) is 0 Å². The van der Waals surface area contributed by atoms with E-state index >= 15 is 0 Å². The molecule has 3 aromatic rings. The first kappa shape index (κ1) is 27.8. The van der Waals surface area contributed by atoms with Crippen molar-refractivity contribution < 1.29 is 19.1 Å². The fraction of sp³-hybridized carbons (Fsp3) is 0.333. The standard InChI is InChI=1S/C30H32Cl2N2O4/c1-3-20(2)33-30(36)26(15-21-7-5-4-6-8-21)34(18-23-11-12-24(31)17-25(23)32)29(35)14-10-22-9-13-27-28(16-22)38-19-37-27/h4-9,11-13,16-17,20,26H,3,10,14-15,18-19H2,1-2H3,(H,33,36). The van der Waals surface area contributed by atoms with Gasteiger partial charge in [0, 0.05) is 35.5 Å². The summed E-state index contributed by atoms with van der Waals surface area (Å²) in [6, 6.07) is 19.9. The first-order valence-electron chi connectivity index (χ1n) is 12.8. The van der Waals surface area contributed by atoms with Crippen molar-refractivity contribution in [3.05, 3.63) is 93.5 Å². The Morgan fingerprint density at radius 2 is 1.74 bits per heavy atom. The zero-order chi connectivity index (χ0) is 27.1. The van der Waals surface area contributed by atoms with Crippen LogP contribution in [0.5, 0.6) is 11.5 Å². The quantitative estimate of drug-likeness (QED) is 0.306. The first-order chi connectivity index (χ1) is 18.3. The Morgan fingerprint density at radius 3 is 2.47 bits per heavy atom. The van der Waals surface area contributed by atoms with Crippen LogP contribution in [0.2, 0.25) is 10.0 Å². The van der Waals surface area contributed by atoms with Crippen LogP contribution in [0.1, 0.15) is 43.4 Å². The highest BCUT2D eigenvalue weighted by Gasteiger charge is 2.31. The van der Waals surface area contributed by atoms with Gasteiger partial charge in [0.15, 0.2) is 11.5 Å². The SMILES string of the molecule is CCC(C)NC(=O)C(Cc1ccccc1)N(Cc1ccc(Cl)cc1Cl)C(=O)CCc1ccc2c(c1)OCO2. The Labute approximate surface area is 233 Å². The molecule has 2 unspecified atom stereocenters. The van der Waals surface area contributed by atoms with Gasteiger partial charge in [-0.2, -0.15) is 0 Å². The van der Waals surface area contributed by atoms with Crippen molar-refractivity contribution in [1.29, 1.82) is 0 Å². The molecule has 0 saturated heterocycles. The topological polar surface area (TPSA) is 67.9 Å². The zero-order valence-corrected chi connectivity index (χ0v) is 23.1. The highest BCUT2D eigenvalue weighted by Crippen LogP contribution is 2.33. The molecule has 0 saturated carbocycles. The summed E-state index contributed by atoms with van der Waals surface area (Å²) < 4.78 is 10.9. The third kappa shape index (κ3) is 7.21. The Morgan fingerprint density at radius 1 is 0.974 bits per heavy atom. The summed E-state index contributed by atoms with van der Waals surface area (Å²) in [5.74, 6) is 1.04. The molecule has 8 heteroatoms. The van der Waals surface area contributed by atoms with Crippen LogP contribution >= 0.6 is 23.2 Å². The molecule has 38 heavy (non-hydrogen) atoms. The Kier molecular flexibility index (Phi) is 9.53. The van der Waals surface area contributed by atoms with E-state index in [0.717, 1.165) is 23.1 Å². The van der Waals surface area contributed by atoms with Crippen molar-refractivity contribution in [1.82, 2.24) is 10.2 Å². The number of carbonyl (C=O) groups excluding carboxylic acids is 2. The number of carbonyl (C=O) groups is 2. The molecule has 2 amide bonds. The molecule has 4 rings (SSSR count). The van der Waals surface area contributed by atoms with Crippen LogP contribution in [0, 0.1) is 0 Å². The largest absolute Gasteiger partial charge is 0.454 e. The van der Waals surface area contributed by atoms with Crippen LogP contribution in [-0.2, 0) is 29.0 Å². The fourth-order valence-electron chi connectivity index (χ4n) is 4.32. The third-order valence-corrected chi connectivity index (χ3v) is 7.28. The van der Waals surface area contributed by atoms with Gasteiger partial charge in [0.05, 0.1) is 0 Å². The predicted molar refractivity (Wildman–Crippen MR) is 150 cm³/mol. The van der Waals surface area contributed by atoms with Gasteiger partial charge in [-0.3, -0.25) is 9.59 Å². The van der Waals surface area contributed by atoms with Gasteiger partial charge in [0.2, 0.25) is 18.6 Å². The maximum Gasteiger partial charge on any atom is 0.243 e. The predicted octanol–water partition coefficient (Wildman–Crippen LogP) is 6.21. The Bertz CT molecular complexity index is 1270. The lowest BCUT2D eigenvalue weighted by Gasteiger charge is -2.32. The van der Waals surface area contributed by atoms with E-state index in [4.69, 9.17) is 32.7 Å². The lowest BCUT2D eigenvalue weighted by atomic mass is 10.0. The van der Waals surface area contributed by atoms with Crippen molar-refractivity contribution in [3.8, 4) is 11.5 Å². The minimum atomic E-state index is -0.720. The van der Waals surface area contributed by atoms with Gasteiger partial charge in [-0.25, -0.2) is 0 Å². The summed E-state index contributed by atoms with van der Waals surface area (Å²) in [6.07, 6.45) is 1.87. The lowest BCUT2D eigenvalue weighted by molar-refractivity contribution is -0.141. The van der Waals surface area contributed by atoms with E-state index < -0.39 is 6.04 Å². The molecule has 0 fully saturated rings. The lowest BCUT2D eigenvalue weighted by Crippen LogP contribution is -2.52. The van der Waals surface area contributed by atoms with Gasteiger partial charge < -0.3 is 19.7 Å². The van der Waals surface area contributed by atoms with Crippen LogP contribution in [0.4, 0.5) is 0 Å². The number of amides is 2. The molecule has 0 spiro atoms. The van der Waals surface area contributed by atoms with E-state index in [1.807, 2.05) is 62.4 Å². The maximum absolute atomic E-state index is 13.8. The zero-order valence-electron chi connectivity index (χ0n) is 21.6. The van der Waals surface area contributed by atoms with Gasteiger partial charge >= 0.3 is 0 Å². The second kappa shape index (κ2) is 13.0. The monoisotopic (exact) mass is 554 g/mol. The number of nitrogens with one attached hydrogen (secondary N) is 1. The number of rotatable bonds is 11. The molecule has 0 aliphatic carbocycles. The van der Waals surface area contributed by atoms with Crippen molar-refractivity contribution in [2.75, 3.05) is 6.79 Å². The fourth-order valence-corrected chi connectivity index (χ4v) is 4.79. The maximum atomic E-state index is 13.8. The third-order valence-electron chi connectivity index (χ3n) is 6.69. The molecule has 0 radical (unpaired) electrons. The van der Waals surface area contributed by atoms with Gasteiger partial charge in [0.25, 0.3) is 0 Å². The molecule has 1 N–H and O–H groups in total. The molecule has 1 heterocycles. The molecular formula is C30H32Cl2N2O4. The number of nitrogens with zero attached hydrogens (tertiary/aromatic N) is 1. The van der Waals surface area contributed by atoms with Crippen LogP contribution in [-0.4, -0.2) is 35.6 Å². The first-order valence-corrected chi connectivity index (χ1v) is 13.6. The number of benzene rings is 3. The summed E-state index contributed by atoms with van der Waals surface area (Å²) in [5.41, 5.74) is 2.64. The summed E-state index contributed by atoms with van der Waals surface area (Å²) in [6.45, 7) is 4.35. The number of ether oxygens (including phenoxy) is 2. The second-order valence-corrected chi connectivity index (χ2v) is 10.3. The highest BCUT2D eigenvalue weighted by atomic mass is 35.5. The smallest absolute Gasteiger partial charge is 0.243 e. The van der Waals surface area contributed by atoms with Crippen molar-refractivity contribution in [2.24, 2.45) is 0 Å². The van der Waals surface area contributed by atoms with Gasteiger partial charge in [0.1, 0.15) is 6.04 Å². The van der Waals surface area contributed by atoms with E-state index in [-0.39, 0.29) is 37.6 Å². The Hall–Kier alpha value is -3.22. The number of aryl methyl sites for hydroxylation is 1. The van der Waals surface area contributed by atoms with Crippen molar-refractivity contribution >= 4 is 35.0 Å². The molecule has 3 aromatic carbocycles. The Balaban J connectivity index is 1.62. The van der Waals surface area contributed by atoms with Gasteiger partial charge in [-0.1, -0.05) is 72.6 Å². The van der Waals surface area contributed by atoms with Crippen LogP contribution in [0.3, 0.4) is 0 Å². The van der Waals surface area contributed by atoms with Crippen LogP contribution < -0.4 is 14.8 Å². The summed E-state index contributed by atoms with van der Waals surface area (Å²) in [7, 11) is 0. The number of hydrogen-bond acceptors (Lipinski definition) is 4. The molecular weight excluding hydrogens is 523 g/mol. The van der Waals surface area contributed by atoms with E-state index in [1.54, 1.807) is 23.1 Å². The summed E-state index contributed by atoms with van der Waals surface area (Å²) >= 11 is 12.6. The second-order valence-electron chi connectivity index (χ2n) is 9.47. The number of fused-ring (bicyclic) bond motifs is 1. The number of halogens is 2. The molecule has 200 valence electrons. The average Bonchev–Trinajstić information content (AvgIpc) is 3.39. The molecule has 2 atom stereocenters. The van der Waals surface area contributed by atoms with E-state index in [0.29, 0.717) is 34.4 Å². The van der Waals surface area contributed by atoms with E-state index in [9.17, 15) is 9.59 Å². The van der Waals surface area contributed by atoms with Gasteiger partial charge in [-0.15, -0.1) is 0 Å². The van der Waals surface area contributed by atoms with Crippen LogP contribution in [0.15, 0.2) is 66.7 Å². The number of hydrogen-bond donors (Lipinski definition) is 1. The summed E-state index contributed by atoms with van der Waals surface area (Å²) in [4.78, 5) is 29.1. The molecule has 0 aromatic heterocycles. The molecule has 1 aliphatic heterocycles. The average molecular weight is 556 g/mol.